The first kappa shape index (κ1) is 14.2. The summed E-state index contributed by atoms with van der Waals surface area (Å²) in [6, 6.07) is 0. The number of nitrogens with zero attached hydrogens (tertiary/aromatic N) is 2. The van der Waals surface area contributed by atoms with Crippen LogP contribution in [0.5, 0.6) is 0 Å². The van der Waals surface area contributed by atoms with Crippen LogP contribution in [0, 0.1) is 0 Å². The molecule has 0 N–H and O–H groups in total. The van der Waals surface area contributed by atoms with Crippen molar-refractivity contribution in [3.05, 3.63) is 0 Å². The Kier molecular flexibility index (Phi) is 3.74. The predicted octanol–water partition coefficient (Wildman–Crippen LogP) is 2.94. The van der Waals surface area contributed by atoms with Crippen molar-refractivity contribution in [3.63, 3.8) is 0 Å². The van der Waals surface area contributed by atoms with Crippen LogP contribution in [0.2, 0.25) is 0 Å². The molecule has 5 heteroatoms. The average molecular weight is 268 g/mol. The van der Waals surface area contributed by atoms with Gasteiger partial charge in [-0.05, 0) is 27.2 Å². The third-order valence-corrected chi connectivity index (χ3v) is 3.63. The lowest BCUT2D eigenvalue weighted by Crippen LogP contribution is -2.48. The molecule has 2 aliphatic heterocycles. The summed E-state index contributed by atoms with van der Waals surface area (Å²) in [5.41, 5.74) is 0.532. The number of carbonyl (C=O) groups excluding carboxylic acids is 1. The summed E-state index contributed by atoms with van der Waals surface area (Å²) < 4.78 is 5.39. The van der Waals surface area contributed by atoms with E-state index >= 15 is 0 Å². The number of hydrogen-bond donors (Lipinski definition) is 0. The van der Waals surface area contributed by atoms with Crippen LogP contribution in [0.3, 0.4) is 0 Å². The lowest BCUT2D eigenvalue weighted by molar-refractivity contribution is -0.0639. The molecule has 0 saturated carbocycles. The molecule has 0 aromatic carbocycles. The van der Waals surface area contributed by atoms with Gasteiger partial charge >= 0.3 is 6.09 Å². The molecular formula is C14H24N2O3. The van der Waals surface area contributed by atoms with Crippen molar-refractivity contribution in [2.24, 2.45) is 5.16 Å². The number of piperidine rings is 1. The Bertz CT molecular complexity index is 377. The minimum Gasteiger partial charge on any atom is -0.444 e. The monoisotopic (exact) mass is 268 g/mol. The third kappa shape index (κ3) is 3.39. The number of likely N-dealkylation sites (tertiary alicyclic amines) is 1. The minimum absolute atomic E-state index is 0.163. The first-order valence-electron chi connectivity index (χ1n) is 7.05. The van der Waals surface area contributed by atoms with Crippen LogP contribution < -0.4 is 0 Å². The van der Waals surface area contributed by atoms with Gasteiger partial charge in [-0.2, -0.15) is 0 Å². The fourth-order valence-electron chi connectivity index (χ4n) is 2.48. The van der Waals surface area contributed by atoms with E-state index < -0.39 is 5.60 Å². The molecule has 0 bridgehead atoms. The van der Waals surface area contributed by atoms with Crippen molar-refractivity contribution in [2.45, 2.75) is 64.6 Å². The van der Waals surface area contributed by atoms with Gasteiger partial charge in [-0.3, -0.25) is 0 Å². The molecule has 0 aliphatic carbocycles. The maximum atomic E-state index is 12.0. The van der Waals surface area contributed by atoms with E-state index in [0.717, 1.165) is 31.4 Å². The van der Waals surface area contributed by atoms with E-state index in [1.165, 1.54) is 0 Å². The molecular weight excluding hydrogens is 244 g/mol. The van der Waals surface area contributed by atoms with Gasteiger partial charge in [0, 0.05) is 32.4 Å². The molecule has 0 radical (unpaired) electrons. The Morgan fingerprint density at radius 3 is 2.53 bits per heavy atom. The molecule has 0 aromatic rings. The molecule has 0 atom stereocenters. The zero-order valence-corrected chi connectivity index (χ0v) is 12.4. The van der Waals surface area contributed by atoms with Gasteiger partial charge in [0.15, 0.2) is 0 Å². The first-order chi connectivity index (χ1) is 8.84. The van der Waals surface area contributed by atoms with Crippen LogP contribution in [-0.2, 0) is 9.57 Å². The summed E-state index contributed by atoms with van der Waals surface area (Å²) in [6.07, 6.45) is 3.29. The van der Waals surface area contributed by atoms with Crippen LogP contribution in [0.15, 0.2) is 5.16 Å². The van der Waals surface area contributed by atoms with Gasteiger partial charge < -0.3 is 14.5 Å². The van der Waals surface area contributed by atoms with E-state index in [-0.39, 0.29) is 11.7 Å². The lowest BCUT2D eigenvalue weighted by atomic mass is 9.86. The van der Waals surface area contributed by atoms with Crippen LogP contribution in [0.25, 0.3) is 0 Å². The molecule has 19 heavy (non-hydrogen) atoms. The molecule has 2 aliphatic rings. The van der Waals surface area contributed by atoms with Crippen LogP contribution >= 0.6 is 0 Å². The molecule has 0 unspecified atom stereocenters. The summed E-state index contributed by atoms with van der Waals surface area (Å²) in [6.45, 7) is 9.12. The Morgan fingerprint density at radius 2 is 2.05 bits per heavy atom. The molecule has 1 saturated heterocycles. The van der Waals surface area contributed by atoms with Crippen molar-refractivity contribution in [3.8, 4) is 0 Å². The van der Waals surface area contributed by atoms with Crippen molar-refractivity contribution in [2.75, 3.05) is 13.1 Å². The average Bonchev–Trinajstić information content (AvgIpc) is 2.71. The normalized spacial score (nSPS) is 22.1. The van der Waals surface area contributed by atoms with Crippen molar-refractivity contribution >= 4 is 11.8 Å². The van der Waals surface area contributed by atoms with Gasteiger partial charge in [0.2, 0.25) is 0 Å². The Morgan fingerprint density at radius 1 is 1.42 bits per heavy atom. The predicted molar refractivity (Wildman–Crippen MR) is 73.2 cm³/mol. The maximum Gasteiger partial charge on any atom is 0.410 e. The molecule has 1 amide bonds. The first-order valence-corrected chi connectivity index (χ1v) is 7.05. The second-order valence-electron chi connectivity index (χ2n) is 6.43. The topological polar surface area (TPSA) is 51.1 Å². The number of amides is 1. The van der Waals surface area contributed by atoms with E-state index in [4.69, 9.17) is 9.57 Å². The SMILES string of the molecule is CCC1=NOC2(CCN(C(=O)OC(C)(C)C)CC2)C1. The fraction of sp³-hybridized carbons (Fsp3) is 0.857. The number of rotatable bonds is 1. The summed E-state index contributed by atoms with van der Waals surface area (Å²) in [5.74, 6) is 0. The summed E-state index contributed by atoms with van der Waals surface area (Å²) in [4.78, 5) is 19.4. The highest BCUT2D eigenvalue weighted by Crippen LogP contribution is 2.35. The van der Waals surface area contributed by atoms with E-state index in [9.17, 15) is 4.79 Å². The minimum atomic E-state index is -0.436. The number of oxime groups is 1. The van der Waals surface area contributed by atoms with Gasteiger partial charge in [-0.1, -0.05) is 12.1 Å². The highest BCUT2D eigenvalue weighted by molar-refractivity contribution is 5.85. The van der Waals surface area contributed by atoms with Crippen LogP contribution in [0.1, 0.15) is 53.4 Å². The number of ether oxygens (including phenoxy) is 1. The molecule has 1 spiro atoms. The summed E-state index contributed by atoms with van der Waals surface area (Å²) in [5, 5.41) is 4.14. The molecule has 1 fully saturated rings. The van der Waals surface area contributed by atoms with E-state index in [0.29, 0.717) is 13.1 Å². The molecule has 108 valence electrons. The summed E-state index contributed by atoms with van der Waals surface area (Å²) in [7, 11) is 0. The van der Waals surface area contributed by atoms with Crippen LogP contribution in [0.4, 0.5) is 4.79 Å². The largest absolute Gasteiger partial charge is 0.444 e. The zero-order valence-electron chi connectivity index (χ0n) is 12.4. The second kappa shape index (κ2) is 5.02. The van der Waals surface area contributed by atoms with Gasteiger partial charge in [0.25, 0.3) is 0 Å². The van der Waals surface area contributed by atoms with Gasteiger partial charge in [0.05, 0.1) is 5.71 Å². The smallest absolute Gasteiger partial charge is 0.410 e. The molecule has 2 heterocycles. The molecule has 2 rings (SSSR count). The number of carbonyl (C=O) groups is 1. The second-order valence-corrected chi connectivity index (χ2v) is 6.43. The van der Waals surface area contributed by atoms with Gasteiger partial charge in [0.1, 0.15) is 11.2 Å². The standard InChI is InChI=1S/C14H24N2O3/c1-5-11-10-14(19-15-11)6-8-16(9-7-14)12(17)18-13(2,3)4/h5-10H2,1-4H3. The van der Waals surface area contributed by atoms with E-state index in [1.54, 1.807) is 4.90 Å². The maximum absolute atomic E-state index is 12.0. The van der Waals surface area contributed by atoms with E-state index in [1.807, 2.05) is 20.8 Å². The zero-order chi connectivity index (χ0) is 14.1. The van der Waals surface area contributed by atoms with Gasteiger partial charge in [-0.15, -0.1) is 0 Å². The van der Waals surface area contributed by atoms with Crippen molar-refractivity contribution in [1.29, 1.82) is 0 Å². The van der Waals surface area contributed by atoms with Crippen molar-refractivity contribution < 1.29 is 14.4 Å². The third-order valence-electron chi connectivity index (χ3n) is 3.63. The summed E-state index contributed by atoms with van der Waals surface area (Å²) >= 11 is 0. The Hall–Kier alpha value is -1.26. The Labute approximate surface area is 114 Å². The van der Waals surface area contributed by atoms with Gasteiger partial charge in [-0.25, -0.2) is 4.79 Å². The molecule has 5 nitrogen and oxygen atoms in total. The van der Waals surface area contributed by atoms with E-state index in [2.05, 4.69) is 12.1 Å². The molecule has 0 aromatic heterocycles. The van der Waals surface area contributed by atoms with Crippen molar-refractivity contribution in [1.82, 2.24) is 4.90 Å². The Balaban J connectivity index is 1.85. The quantitative estimate of drug-likeness (QED) is 0.734. The number of hydrogen-bond acceptors (Lipinski definition) is 4. The van der Waals surface area contributed by atoms with Crippen LogP contribution in [-0.4, -0.2) is 41.0 Å². The fourth-order valence-corrected chi connectivity index (χ4v) is 2.48. The lowest BCUT2D eigenvalue weighted by Gasteiger charge is -2.37. The highest BCUT2D eigenvalue weighted by Gasteiger charge is 2.42. The highest BCUT2D eigenvalue weighted by atomic mass is 16.7.